The van der Waals surface area contributed by atoms with Gasteiger partial charge in [0.2, 0.25) is 0 Å². The number of hydrogen-bond donors (Lipinski definition) is 2. The molecule has 2 heterocycles. The van der Waals surface area contributed by atoms with E-state index in [1.165, 1.54) is 17.8 Å². The van der Waals surface area contributed by atoms with Gasteiger partial charge in [-0.25, -0.2) is 9.38 Å². The molecule has 0 radical (unpaired) electrons. The van der Waals surface area contributed by atoms with Crippen LogP contribution >= 0.6 is 0 Å². The molecule has 0 aliphatic carbocycles. The maximum atomic E-state index is 13.5. The number of aliphatic imine (C=N–C) groups is 1. The fraction of sp³-hybridized carbons (Fsp3) is 0.429. The molecule has 28 heavy (non-hydrogen) atoms. The smallest absolute Gasteiger partial charge is 0.191 e. The van der Waals surface area contributed by atoms with E-state index < -0.39 is 0 Å². The molecular weight excluding hydrogens is 357 g/mol. The molecule has 0 saturated carbocycles. The molecule has 0 saturated heterocycles. The van der Waals surface area contributed by atoms with Gasteiger partial charge in [0.15, 0.2) is 5.96 Å². The summed E-state index contributed by atoms with van der Waals surface area (Å²) in [5, 5.41) is 11.9. The van der Waals surface area contributed by atoms with Crippen LogP contribution in [0.5, 0.6) is 0 Å². The van der Waals surface area contributed by atoms with Gasteiger partial charge in [0.25, 0.3) is 0 Å². The molecule has 0 atom stereocenters. The van der Waals surface area contributed by atoms with Crippen LogP contribution in [0.1, 0.15) is 36.1 Å². The number of halogens is 1. The Labute approximate surface area is 164 Å². The van der Waals surface area contributed by atoms with Gasteiger partial charge in [-0.05, 0) is 58.4 Å². The van der Waals surface area contributed by atoms with Crippen LogP contribution in [0, 0.1) is 26.6 Å². The third-order valence-corrected chi connectivity index (χ3v) is 4.66. The summed E-state index contributed by atoms with van der Waals surface area (Å²) in [5.41, 5.74) is 3.84. The van der Waals surface area contributed by atoms with Crippen LogP contribution in [-0.4, -0.2) is 28.8 Å². The molecular formula is C21H28FN5O. The minimum atomic E-state index is -0.260. The molecule has 2 aromatic heterocycles. The van der Waals surface area contributed by atoms with Crippen LogP contribution in [0.2, 0.25) is 0 Å². The molecule has 0 unspecified atom stereocenters. The Morgan fingerprint density at radius 2 is 2.04 bits per heavy atom. The SMILES string of the molecule is CCNC(=NCc1oc2ccc(F)cc2c1C)NCCCn1nc(C)cc1C. The van der Waals surface area contributed by atoms with Gasteiger partial charge in [0.05, 0.1) is 5.69 Å². The molecule has 0 aliphatic rings. The van der Waals surface area contributed by atoms with E-state index in [2.05, 4.69) is 33.7 Å². The molecule has 150 valence electrons. The summed E-state index contributed by atoms with van der Waals surface area (Å²) in [6.45, 7) is 10.9. The summed E-state index contributed by atoms with van der Waals surface area (Å²) in [7, 11) is 0. The molecule has 3 rings (SSSR count). The third kappa shape index (κ3) is 4.71. The molecule has 7 heteroatoms. The zero-order valence-electron chi connectivity index (χ0n) is 17.0. The lowest BCUT2D eigenvalue weighted by atomic mass is 10.1. The van der Waals surface area contributed by atoms with Gasteiger partial charge >= 0.3 is 0 Å². The number of aryl methyl sites for hydroxylation is 4. The standard InChI is InChI=1S/C21H28FN5O/c1-5-23-21(24-9-6-10-27-15(3)11-14(2)26-27)25-13-20-16(4)18-12-17(22)7-8-19(18)28-20/h7-8,11-12H,5-6,9-10,13H2,1-4H3,(H2,23,24,25). The number of benzene rings is 1. The lowest BCUT2D eigenvalue weighted by Crippen LogP contribution is -2.38. The largest absolute Gasteiger partial charge is 0.459 e. The number of guanidine groups is 1. The summed E-state index contributed by atoms with van der Waals surface area (Å²) >= 11 is 0. The van der Waals surface area contributed by atoms with Gasteiger partial charge in [0, 0.05) is 36.3 Å². The second kappa shape index (κ2) is 8.91. The summed E-state index contributed by atoms with van der Waals surface area (Å²) in [6.07, 6.45) is 0.940. The van der Waals surface area contributed by atoms with E-state index in [9.17, 15) is 4.39 Å². The van der Waals surface area contributed by atoms with Crippen molar-refractivity contribution < 1.29 is 8.81 Å². The topological polar surface area (TPSA) is 67.4 Å². The number of rotatable bonds is 7. The highest BCUT2D eigenvalue weighted by Gasteiger charge is 2.11. The Morgan fingerprint density at radius 3 is 2.75 bits per heavy atom. The zero-order valence-corrected chi connectivity index (χ0v) is 17.0. The predicted octanol–water partition coefficient (Wildman–Crippen LogP) is 3.84. The van der Waals surface area contributed by atoms with Crippen LogP contribution in [-0.2, 0) is 13.1 Å². The summed E-state index contributed by atoms with van der Waals surface area (Å²) in [5.74, 6) is 1.23. The number of hydrogen-bond acceptors (Lipinski definition) is 3. The van der Waals surface area contributed by atoms with Crippen LogP contribution in [0.4, 0.5) is 4.39 Å². The molecule has 0 bridgehead atoms. The number of nitrogens with one attached hydrogen (secondary N) is 2. The van der Waals surface area contributed by atoms with Gasteiger partial charge in [-0.3, -0.25) is 4.68 Å². The second-order valence-corrected chi connectivity index (χ2v) is 6.92. The van der Waals surface area contributed by atoms with Crippen LogP contribution < -0.4 is 10.6 Å². The molecule has 0 fully saturated rings. The lowest BCUT2D eigenvalue weighted by Gasteiger charge is -2.11. The monoisotopic (exact) mass is 385 g/mol. The van der Waals surface area contributed by atoms with Crippen molar-refractivity contribution in [3.05, 3.63) is 52.8 Å². The quantitative estimate of drug-likeness (QED) is 0.368. The van der Waals surface area contributed by atoms with Crippen molar-refractivity contribution in [2.75, 3.05) is 13.1 Å². The number of furan rings is 1. The Balaban J connectivity index is 1.59. The van der Waals surface area contributed by atoms with Crippen molar-refractivity contribution in [2.24, 2.45) is 4.99 Å². The number of fused-ring (bicyclic) bond motifs is 1. The van der Waals surface area contributed by atoms with Gasteiger partial charge in [-0.15, -0.1) is 0 Å². The molecule has 0 aliphatic heterocycles. The van der Waals surface area contributed by atoms with Crippen molar-refractivity contribution in [2.45, 2.75) is 47.2 Å². The maximum absolute atomic E-state index is 13.5. The Hall–Kier alpha value is -2.83. The summed E-state index contributed by atoms with van der Waals surface area (Å²) in [6, 6.07) is 6.66. The van der Waals surface area contributed by atoms with E-state index in [4.69, 9.17) is 4.42 Å². The van der Waals surface area contributed by atoms with Gasteiger partial charge < -0.3 is 15.1 Å². The first-order valence-corrected chi connectivity index (χ1v) is 9.68. The third-order valence-electron chi connectivity index (χ3n) is 4.66. The molecule has 0 amide bonds. The average molecular weight is 385 g/mol. The average Bonchev–Trinajstić information content (AvgIpc) is 3.15. The van der Waals surface area contributed by atoms with Crippen molar-refractivity contribution in [3.63, 3.8) is 0 Å². The first-order valence-electron chi connectivity index (χ1n) is 9.68. The lowest BCUT2D eigenvalue weighted by molar-refractivity contribution is 0.544. The van der Waals surface area contributed by atoms with Crippen LogP contribution in [0.3, 0.4) is 0 Å². The van der Waals surface area contributed by atoms with E-state index in [0.29, 0.717) is 12.1 Å². The van der Waals surface area contributed by atoms with Crippen molar-refractivity contribution in [3.8, 4) is 0 Å². The van der Waals surface area contributed by atoms with Crippen molar-refractivity contribution in [1.82, 2.24) is 20.4 Å². The zero-order chi connectivity index (χ0) is 20.1. The van der Waals surface area contributed by atoms with Gasteiger partial charge in [0.1, 0.15) is 23.7 Å². The maximum Gasteiger partial charge on any atom is 0.191 e. The fourth-order valence-electron chi connectivity index (χ4n) is 3.22. The van der Waals surface area contributed by atoms with E-state index in [0.717, 1.165) is 54.4 Å². The highest BCUT2D eigenvalue weighted by Crippen LogP contribution is 2.26. The van der Waals surface area contributed by atoms with Crippen molar-refractivity contribution >= 4 is 16.9 Å². The highest BCUT2D eigenvalue weighted by atomic mass is 19.1. The van der Waals surface area contributed by atoms with E-state index >= 15 is 0 Å². The van der Waals surface area contributed by atoms with E-state index in [1.807, 2.05) is 25.5 Å². The molecule has 0 spiro atoms. The summed E-state index contributed by atoms with van der Waals surface area (Å²) < 4.78 is 21.3. The van der Waals surface area contributed by atoms with Gasteiger partial charge in [-0.2, -0.15) is 5.10 Å². The molecule has 2 N–H and O–H groups in total. The second-order valence-electron chi connectivity index (χ2n) is 6.92. The van der Waals surface area contributed by atoms with Gasteiger partial charge in [-0.1, -0.05) is 0 Å². The van der Waals surface area contributed by atoms with E-state index in [-0.39, 0.29) is 5.82 Å². The van der Waals surface area contributed by atoms with E-state index in [1.54, 1.807) is 6.07 Å². The molecule has 6 nitrogen and oxygen atoms in total. The Bertz CT molecular complexity index is 973. The van der Waals surface area contributed by atoms with Crippen LogP contribution in [0.25, 0.3) is 11.0 Å². The predicted molar refractivity (Wildman–Crippen MR) is 110 cm³/mol. The normalized spacial score (nSPS) is 12.0. The first kappa shape index (κ1) is 19.9. The highest BCUT2D eigenvalue weighted by molar-refractivity contribution is 5.82. The fourth-order valence-corrected chi connectivity index (χ4v) is 3.22. The van der Waals surface area contributed by atoms with Crippen molar-refractivity contribution in [1.29, 1.82) is 0 Å². The Morgan fingerprint density at radius 1 is 1.21 bits per heavy atom. The molecule has 3 aromatic rings. The van der Waals surface area contributed by atoms with Crippen LogP contribution in [0.15, 0.2) is 33.7 Å². The number of nitrogens with zero attached hydrogens (tertiary/aromatic N) is 3. The first-order chi connectivity index (χ1) is 13.5. The molecule has 1 aromatic carbocycles. The Kier molecular flexibility index (Phi) is 6.34. The minimum Gasteiger partial charge on any atom is -0.459 e. The number of aromatic nitrogens is 2. The minimum absolute atomic E-state index is 0.260. The summed E-state index contributed by atoms with van der Waals surface area (Å²) in [4.78, 5) is 4.61.